The zero-order valence-corrected chi connectivity index (χ0v) is 10.3. The quantitative estimate of drug-likeness (QED) is 0.259. The van der Waals surface area contributed by atoms with Crippen molar-refractivity contribution in [1.82, 2.24) is 0 Å². The first-order valence-electron chi connectivity index (χ1n) is 1.63. The molecule has 3 heteroatoms. The number of hydrogen-bond acceptors (Lipinski definition) is 2. The molecule has 0 fully saturated rings. The minimum Gasteiger partial charge on any atom is -0.813 e. The molecular weight excluding hydrogens is 202 g/mol. The van der Waals surface area contributed by atoms with Crippen LogP contribution in [0.4, 0.5) is 0 Å². The number of allylic oxidation sites excluding steroid dienone is 2. The zero-order valence-electron chi connectivity index (χ0n) is 5.58. The smallest absolute Gasteiger partial charge is 0 e. The summed E-state index contributed by atoms with van der Waals surface area (Å²) in [5.41, 5.74) is 0. The van der Waals surface area contributed by atoms with E-state index in [2.05, 4.69) is 27.0 Å². The maximum Gasteiger partial charge on any atom is 0 e. The first-order chi connectivity index (χ1) is 2.83. The molecule has 0 spiro atoms. The van der Waals surface area contributed by atoms with Crippen molar-refractivity contribution in [3.63, 3.8) is 0 Å². The van der Waals surface area contributed by atoms with Crippen LogP contribution >= 0.6 is 0 Å². The van der Waals surface area contributed by atoms with Gasteiger partial charge < -0.3 is 27.0 Å². The fourth-order valence-electron chi connectivity index (χ4n) is 0. The van der Waals surface area contributed by atoms with Gasteiger partial charge in [-0.05, 0) is 0 Å². The van der Waals surface area contributed by atoms with Crippen molar-refractivity contribution < 1.29 is 19.5 Å². The second-order valence-corrected chi connectivity index (χ2v) is 0.577. The Morgan fingerprint density at radius 1 is 0.889 bits per heavy atom. The van der Waals surface area contributed by atoms with Crippen LogP contribution < -0.4 is 0 Å². The van der Waals surface area contributed by atoms with Gasteiger partial charge in [0.2, 0.25) is 0 Å². The normalized spacial score (nSPS) is 2.67. The molecule has 0 aliphatic carbocycles. The van der Waals surface area contributed by atoms with Crippen LogP contribution in [-0.2, 0) is 46.5 Å². The van der Waals surface area contributed by atoms with Crippen LogP contribution in [0, 0.1) is 13.8 Å². The van der Waals surface area contributed by atoms with Crippen LogP contribution in [0.25, 0.3) is 0 Å². The van der Waals surface area contributed by atoms with E-state index in [9.17, 15) is 0 Å². The van der Waals surface area contributed by atoms with Crippen LogP contribution in [0.3, 0.4) is 0 Å². The Morgan fingerprint density at radius 2 is 0.889 bits per heavy atom. The Balaban J connectivity index is -0.00000000889. The summed E-state index contributed by atoms with van der Waals surface area (Å²) in [4.78, 5) is 0. The van der Waals surface area contributed by atoms with Crippen molar-refractivity contribution in [1.29, 1.82) is 0 Å². The zero-order chi connectivity index (χ0) is 5.41. The molecule has 0 bridgehead atoms. The van der Waals surface area contributed by atoms with E-state index < -0.39 is 0 Å². The van der Waals surface area contributed by atoms with Gasteiger partial charge >= 0.3 is 0 Å². The van der Waals surface area contributed by atoms with Gasteiger partial charge in [-0.25, -0.2) is 39.2 Å². The van der Waals surface area contributed by atoms with Gasteiger partial charge in [-0.3, -0.25) is 0 Å². The summed E-state index contributed by atoms with van der Waals surface area (Å²) in [6, 6.07) is 0. The van der Waals surface area contributed by atoms with Gasteiger partial charge in [0.25, 0.3) is 0 Å². The summed E-state index contributed by atoms with van der Waals surface area (Å²) in [7, 11) is 0. The molecule has 0 heterocycles. The van der Waals surface area contributed by atoms with Crippen molar-refractivity contribution in [2.24, 2.45) is 0 Å². The van der Waals surface area contributed by atoms with E-state index in [-0.39, 0.29) is 46.5 Å². The number of rotatable bonds is 0. The molecule has 9 heavy (non-hydrogen) atoms. The number of thiol groups is 2. The maximum absolute atomic E-state index is 3.25. The van der Waals surface area contributed by atoms with Crippen LogP contribution in [0.2, 0.25) is 0 Å². The van der Waals surface area contributed by atoms with E-state index in [1.54, 1.807) is 0 Å². The van der Waals surface area contributed by atoms with Gasteiger partial charge in [-0.2, -0.15) is 0 Å². The van der Waals surface area contributed by atoms with Gasteiger partial charge in [0.05, 0.1) is 0 Å². The molecule has 0 unspecified atom stereocenters. The molecular formula is C6H12S2Zn-4. The van der Waals surface area contributed by atoms with Gasteiger partial charge in [-0.1, -0.05) is 0 Å². The summed E-state index contributed by atoms with van der Waals surface area (Å²) in [6.07, 6.45) is 3.00. The molecule has 0 aliphatic heterocycles. The minimum absolute atomic E-state index is 0. The summed E-state index contributed by atoms with van der Waals surface area (Å²) in [5, 5.41) is 0. The third-order valence-corrected chi connectivity index (χ3v) is 0. The van der Waals surface area contributed by atoms with E-state index in [1.165, 1.54) is 12.2 Å². The van der Waals surface area contributed by atoms with Crippen molar-refractivity contribution in [3.8, 4) is 0 Å². The van der Waals surface area contributed by atoms with E-state index in [0.717, 1.165) is 0 Å². The second-order valence-electron chi connectivity index (χ2n) is 0.577. The Morgan fingerprint density at radius 3 is 0.889 bits per heavy atom. The summed E-state index contributed by atoms with van der Waals surface area (Å²) in [6.45, 7) is 13.0. The third-order valence-electron chi connectivity index (χ3n) is 0. The Kier molecular flexibility index (Phi) is 282. The first kappa shape index (κ1) is 33.7. The molecule has 0 saturated carbocycles. The minimum atomic E-state index is 0. The molecule has 0 rings (SSSR count). The van der Waals surface area contributed by atoms with Crippen LogP contribution in [0.1, 0.15) is 0 Å². The molecule has 0 aliphatic rings. The van der Waals surface area contributed by atoms with Gasteiger partial charge in [0.1, 0.15) is 0 Å². The van der Waals surface area contributed by atoms with Gasteiger partial charge in [-0.15, -0.1) is 0 Å². The van der Waals surface area contributed by atoms with Crippen LogP contribution in [-0.4, -0.2) is 0 Å². The summed E-state index contributed by atoms with van der Waals surface area (Å²) < 4.78 is 0. The molecule has 0 aromatic rings. The van der Waals surface area contributed by atoms with Gasteiger partial charge in [0.15, 0.2) is 0 Å². The van der Waals surface area contributed by atoms with E-state index in [0.29, 0.717) is 0 Å². The Hall–Kier alpha value is 0.543. The van der Waals surface area contributed by atoms with E-state index in [1.807, 2.05) is 0 Å². The predicted octanol–water partition coefficient (Wildman–Crippen LogP) is 1.47. The van der Waals surface area contributed by atoms with Crippen LogP contribution in [0.15, 0.2) is 25.3 Å². The van der Waals surface area contributed by atoms with Crippen molar-refractivity contribution in [2.75, 3.05) is 0 Å². The summed E-state index contributed by atoms with van der Waals surface area (Å²) >= 11 is 0. The van der Waals surface area contributed by atoms with Crippen molar-refractivity contribution >= 4 is 27.0 Å². The largest absolute Gasteiger partial charge is 0.813 e. The molecule has 0 amide bonds. The predicted molar refractivity (Wildman–Crippen MR) is 48.6 cm³/mol. The fourth-order valence-corrected chi connectivity index (χ4v) is 0. The second kappa shape index (κ2) is 75.2. The standard InChI is InChI=1S/2C3H5.2H2S.Zn/c2*1-3-2;;;/h2*3H,1-2H2;2*1H2;/q2*-1;;;/p-2. The molecule has 0 aromatic carbocycles. The monoisotopic (exact) mass is 212 g/mol. The van der Waals surface area contributed by atoms with Crippen molar-refractivity contribution in [3.05, 3.63) is 39.2 Å². The average molecular weight is 214 g/mol. The van der Waals surface area contributed by atoms with E-state index in [4.69, 9.17) is 0 Å². The summed E-state index contributed by atoms with van der Waals surface area (Å²) in [5.74, 6) is 0. The molecule has 0 N–H and O–H groups in total. The molecule has 54 valence electrons. The molecule has 0 aromatic heterocycles. The SMILES string of the molecule is C=C[CH2-].C=C[CH2-].[SH-].[SH-].[Zn]. The number of hydrogen-bond donors (Lipinski definition) is 0. The van der Waals surface area contributed by atoms with E-state index >= 15 is 0 Å². The molecule has 0 saturated heterocycles. The molecule has 0 atom stereocenters. The molecule has 0 radical (unpaired) electrons. The molecule has 0 nitrogen and oxygen atoms in total. The Bertz CT molecular complexity index is 32.0. The fraction of sp³-hybridized carbons (Fsp3) is 0. The Labute approximate surface area is 85.5 Å². The topological polar surface area (TPSA) is 0 Å². The maximum atomic E-state index is 3.25. The first-order valence-corrected chi connectivity index (χ1v) is 1.63. The van der Waals surface area contributed by atoms with Crippen molar-refractivity contribution in [2.45, 2.75) is 0 Å². The average Bonchev–Trinajstić information content (AvgIpc) is 1.39. The van der Waals surface area contributed by atoms with Gasteiger partial charge in [0, 0.05) is 19.5 Å². The van der Waals surface area contributed by atoms with Crippen LogP contribution in [0.5, 0.6) is 0 Å². The third kappa shape index (κ3) is 1240.